The van der Waals surface area contributed by atoms with Gasteiger partial charge in [0.25, 0.3) is 0 Å². The predicted octanol–water partition coefficient (Wildman–Crippen LogP) is 6.00. The first-order valence-electron chi connectivity index (χ1n) is 9.99. The minimum Gasteiger partial charge on any atom is -0.497 e. The quantitative estimate of drug-likeness (QED) is 0.365. The lowest BCUT2D eigenvalue weighted by atomic mass is 10.1. The van der Waals surface area contributed by atoms with E-state index in [1.807, 2.05) is 72.8 Å². The highest BCUT2D eigenvalue weighted by Gasteiger charge is 2.26. The summed E-state index contributed by atoms with van der Waals surface area (Å²) in [5, 5.41) is 13.5. The molecule has 1 aliphatic rings. The van der Waals surface area contributed by atoms with Crippen molar-refractivity contribution < 1.29 is 9.47 Å². The molecule has 4 aromatic rings. The van der Waals surface area contributed by atoms with Crippen LogP contribution in [0.5, 0.6) is 11.6 Å². The highest BCUT2D eigenvalue weighted by molar-refractivity contribution is 7.98. The predicted molar refractivity (Wildman–Crippen MR) is 126 cm³/mol. The Labute approximate surface area is 195 Å². The van der Waals surface area contributed by atoms with E-state index < -0.39 is 6.23 Å². The summed E-state index contributed by atoms with van der Waals surface area (Å²) in [5.74, 6) is 1.85. The van der Waals surface area contributed by atoms with Crippen LogP contribution in [0.3, 0.4) is 0 Å². The van der Waals surface area contributed by atoms with Crippen molar-refractivity contribution in [2.75, 3.05) is 12.4 Å². The number of rotatable bonds is 5. The molecule has 0 aliphatic carbocycles. The largest absolute Gasteiger partial charge is 0.497 e. The van der Waals surface area contributed by atoms with Gasteiger partial charge in [0, 0.05) is 27.6 Å². The highest BCUT2D eigenvalue weighted by Crippen LogP contribution is 2.39. The lowest BCUT2D eigenvalue weighted by Crippen LogP contribution is -2.17. The van der Waals surface area contributed by atoms with E-state index in [1.165, 1.54) is 11.8 Å². The molecule has 0 saturated heterocycles. The fourth-order valence-corrected chi connectivity index (χ4v) is 4.46. The average Bonchev–Trinajstić information content (AvgIpc) is 3.00. The molecule has 8 heteroatoms. The summed E-state index contributed by atoms with van der Waals surface area (Å²) in [6, 6.07) is 23.4. The van der Waals surface area contributed by atoms with Gasteiger partial charge in [-0.2, -0.15) is 4.98 Å². The van der Waals surface area contributed by atoms with Crippen molar-refractivity contribution >= 4 is 29.1 Å². The van der Waals surface area contributed by atoms with Gasteiger partial charge in [0.15, 0.2) is 11.9 Å². The molecule has 0 spiro atoms. The topological polar surface area (TPSA) is 69.2 Å². The average molecular weight is 463 g/mol. The Kier molecular flexibility index (Phi) is 5.83. The molecular weight excluding hydrogens is 444 g/mol. The van der Waals surface area contributed by atoms with Gasteiger partial charge < -0.3 is 14.8 Å². The maximum atomic E-state index is 6.31. The molecule has 6 nitrogen and oxygen atoms in total. The summed E-state index contributed by atoms with van der Waals surface area (Å²) >= 11 is 7.74. The van der Waals surface area contributed by atoms with Crippen LogP contribution >= 0.6 is 23.4 Å². The number of ether oxygens (including phenoxy) is 2. The Hall–Kier alpha value is -3.29. The third-order valence-corrected chi connectivity index (χ3v) is 6.32. The van der Waals surface area contributed by atoms with Crippen molar-refractivity contribution in [3.05, 3.63) is 88.9 Å². The van der Waals surface area contributed by atoms with E-state index in [4.69, 9.17) is 21.1 Å². The van der Waals surface area contributed by atoms with Gasteiger partial charge in [-0.3, -0.25) is 0 Å². The standard InChI is InChI=1S/C24H19ClN4O2S/c1-30-17-12-10-15(11-13-17)22-26-20-9-5-3-7-18(20)21-23(31-22)27-24(29-28-21)32-14-16-6-2-4-8-19(16)25/h2-13,22,26H,14H2,1H3/t22-/m1/s1. The number of hydrogen-bond donors (Lipinski definition) is 1. The Morgan fingerprint density at radius 1 is 1.00 bits per heavy atom. The van der Waals surface area contributed by atoms with Crippen LogP contribution in [0.2, 0.25) is 5.02 Å². The van der Waals surface area contributed by atoms with Gasteiger partial charge in [-0.15, -0.1) is 10.2 Å². The monoisotopic (exact) mass is 462 g/mol. The summed E-state index contributed by atoms with van der Waals surface area (Å²) in [6.07, 6.45) is -0.443. The lowest BCUT2D eigenvalue weighted by Gasteiger charge is -2.19. The smallest absolute Gasteiger partial charge is 0.247 e. The number of thioether (sulfide) groups is 1. The van der Waals surface area contributed by atoms with E-state index in [1.54, 1.807) is 7.11 Å². The van der Waals surface area contributed by atoms with Gasteiger partial charge >= 0.3 is 0 Å². The summed E-state index contributed by atoms with van der Waals surface area (Å²) in [6.45, 7) is 0. The molecule has 0 radical (unpaired) electrons. The van der Waals surface area contributed by atoms with Gasteiger partial charge in [-0.1, -0.05) is 59.8 Å². The number of nitrogens with zero attached hydrogens (tertiary/aromatic N) is 3. The summed E-state index contributed by atoms with van der Waals surface area (Å²) < 4.78 is 11.6. The molecule has 0 fully saturated rings. The summed E-state index contributed by atoms with van der Waals surface area (Å²) in [7, 11) is 1.65. The number of benzene rings is 3. The minimum atomic E-state index is -0.443. The Morgan fingerprint density at radius 3 is 2.59 bits per heavy atom. The molecule has 5 rings (SSSR count). The number of aromatic nitrogens is 3. The van der Waals surface area contributed by atoms with Crippen molar-refractivity contribution in [2.45, 2.75) is 17.1 Å². The first-order chi connectivity index (χ1) is 15.7. The molecule has 3 aromatic carbocycles. The molecule has 32 heavy (non-hydrogen) atoms. The van der Waals surface area contributed by atoms with Crippen LogP contribution in [-0.4, -0.2) is 22.3 Å². The third-order valence-electron chi connectivity index (χ3n) is 5.07. The Bertz CT molecular complexity index is 1250. The molecule has 160 valence electrons. The Morgan fingerprint density at radius 2 is 1.78 bits per heavy atom. The van der Waals surface area contributed by atoms with Crippen molar-refractivity contribution in [3.63, 3.8) is 0 Å². The number of halogens is 1. The molecule has 1 atom stereocenters. The van der Waals surface area contributed by atoms with Crippen LogP contribution in [0.4, 0.5) is 5.69 Å². The van der Waals surface area contributed by atoms with Crippen molar-refractivity contribution in [2.24, 2.45) is 0 Å². The second-order valence-corrected chi connectivity index (χ2v) is 8.44. The zero-order chi connectivity index (χ0) is 21.9. The van der Waals surface area contributed by atoms with Gasteiger partial charge in [0.2, 0.25) is 11.0 Å². The van der Waals surface area contributed by atoms with Crippen LogP contribution in [0.25, 0.3) is 11.3 Å². The van der Waals surface area contributed by atoms with Gasteiger partial charge in [-0.25, -0.2) is 0 Å². The molecule has 0 saturated carbocycles. The van der Waals surface area contributed by atoms with Crippen molar-refractivity contribution in [1.29, 1.82) is 0 Å². The van der Waals surface area contributed by atoms with E-state index in [2.05, 4.69) is 20.5 Å². The van der Waals surface area contributed by atoms with E-state index in [0.717, 1.165) is 33.1 Å². The number of methoxy groups -OCH3 is 1. The molecule has 2 heterocycles. The van der Waals surface area contributed by atoms with Gasteiger partial charge in [-0.05, 0) is 42.0 Å². The molecular formula is C24H19ClN4O2S. The maximum Gasteiger partial charge on any atom is 0.247 e. The molecule has 0 unspecified atom stereocenters. The summed E-state index contributed by atoms with van der Waals surface area (Å²) in [4.78, 5) is 4.69. The van der Waals surface area contributed by atoms with Crippen LogP contribution in [0, 0.1) is 0 Å². The van der Waals surface area contributed by atoms with Gasteiger partial charge in [0.1, 0.15) is 5.75 Å². The van der Waals surface area contributed by atoms with E-state index in [-0.39, 0.29) is 0 Å². The van der Waals surface area contributed by atoms with Crippen molar-refractivity contribution in [1.82, 2.24) is 15.2 Å². The first-order valence-corrected chi connectivity index (χ1v) is 11.3. The molecule has 1 N–H and O–H groups in total. The zero-order valence-corrected chi connectivity index (χ0v) is 18.7. The van der Waals surface area contributed by atoms with E-state index in [9.17, 15) is 0 Å². The second-order valence-electron chi connectivity index (χ2n) is 7.09. The Balaban J connectivity index is 1.48. The van der Waals surface area contributed by atoms with E-state index in [0.29, 0.717) is 22.5 Å². The first kappa shape index (κ1) is 20.6. The normalized spacial score (nSPS) is 14.4. The number of hydrogen-bond acceptors (Lipinski definition) is 7. The van der Waals surface area contributed by atoms with Crippen LogP contribution in [0.15, 0.2) is 78.0 Å². The maximum absolute atomic E-state index is 6.31. The number of anilines is 1. The minimum absolute atomic E-state index is 0.430. The molecule has 0 bridgehead atoms. The lowest BCUT2D eigenvalue weighted by molar-refractivity contribution is 0.225. The fraction of sp³-hybridized carbons (Fsp3) is 0.125. The SMILES string of the molecule is COc1ccc([C@@H]2Nc3ccccc3-c3nnc(SCc4ccccc4Cl)nc3O2)cc1. The molecule has 0 amide bonds. The van der Waals surface area contributed by atoms with Crippen LogP contribution in [0.1, 0.15) is 17.4 Å². The number of para-hydroxylation sites is 1. The van der Waals surface area contributed by atoms with Gasteiger partial charge in [0.05, 0.1) is 7.11 Å². The third kappa shape index (κ3) is 4.22. The second kappa shape index (κ2) is 9.06. The zero-order valence-electron chi connectivity index (χ0n) is 17.2. The number of fused-ring (bicyclic) bond motifs is 3. The molecule has 1 aliphatic heterocycles. The fourth-order valence-electron chi connectivity index (χ4n) is 3.40. The number of nitrogens with one attached hydrogen (secondary N) is 1. The van der Waals surface area contributed by atoms with Crippen LogP contribution < -0.4 is 14.8 Å². The summed E-state index contributed by atoms with van der Waals surface area (Å²) in [5.41, 5.74) is 4.35. The van der Waals surface area contributed by atoms with Crippen LogP contribution in [-0.2, 0) is 5.75 Å². The van der Waals surface area contributed by atoms with Crippen molar-refractivity contribution in [3.8, 4) is 22.9 Å². The van der Waals surface area contributed by atoms with E-state index >= 15 is 0 Å². The highest BCUT2D eigenvalue weighted by atomic mass is 35.5. The molecule has 1 aromatic heterocycles.